The Balaban J connectivity index is 1.68. The van der Waals surface area contributed by atoms with Gasteiger partial charge in [-0.05, 0) is 55.0 Å². The van der Waals surface area contributed by atoms with Crippen molar-refractivity contribution in [2.45, 2.75) is 35.8 Å². The third-order valence-electron chi connectivity index (χ3n) is 5.09. The summed E-state index contributed by atoms with van der Waals surface area (Å²) in [5.41, 5.74) is 1.24. The van der Waals surface area contributed by atoms with Crippen LogP contribution in [0, 0.1) is 5.92 Å². The van der Waals surface area contributed by atoms with E-state index in [9.17, 15) is 16.8 Å². The fourth-order valence-electron chi connectivity index (χ4n) is 3.68. The van der Waals surface area contributed by atoms with Gasteiger partial charge in [0.1, 0.15) is 0 Å². The van der Waals surface area contributed by atoms with Gasteiger partial charge in [0.15, 0.2) is 19.7 Å². The highest BCUT2D eigenvalue weighted by Gasteiger charge is 2.45. The van der Waals surface area contributed by atoms with Gasteiger partial charge in [0.25, 0.3) is 0 Å². The normalized spacial score (nSPS) is 22.0. The molecule has 2 aromatic rings. The van der Waals surface area contributed by atoms with E-state index in [2.05, 4.69) is 12.1 Å². The van der Waals surface area contributed by atoms with Gasteiger partial charge < -0.3 is 0 Å². The highest BCUT2D eigenvalue weighted by atomic mass is 35.5. The molecule has 0 bridgehead atoms. The smallest absolute Gasteiger partial charge is 0.182 e. The molecule has 27 heavy (non-hydrogen) atoms. The maximum Gasteiger partial charge on any atom is 0.182 e. The van der Waals surface area contributed by atoms with Gasteiger partial charge in [-0.25, -0.2) is 16.8 Å². The van der Waals surface area contributed by atoms with Crippen molar-refractivity contribution in [2.24, 2.45) is 5.92 Å². The summed E-state index contributed by atoms with van der Waals surface area (Å²) in [7, 11) is -7.04. The number of sulfone groups is 2. The van der Waals surface area contributed by atoms with E-state index in [0.29, 0.717) is 11.4 Å². The first kappa shape index (κ1) is 20.4. The molecule has 0 unspecified atom stereocenters. The lowest BCUT2D eigenvalue weighted by Gasteiger charge is -2.18. The molecule has 0 saturated carbocycles. The van der Waals surface area contributed by atoms with E-state index >= 15 is 0 Å². The van der Waals surface area contributed by atoms with E-state index in [1.807, 2.05) is 18.2 Å². The summed E-state index contributed by atoms with van der Waals surface area (Å²) in [6, 6.07) is 16.0. The Morgan fingerprint density at radius 1 is 0.926 bits per heavy atom. The molecule has 1 fully saturated rings. The van der Waals surface area contributed by atoms with Gasteiger partial charge in [-0.15, -0.1) is 0 Å². The largest absolute Gasteiger partial charge is 0.229 e. The first-order chi connectivity index (χ1) is 12.8. The van der Waals surface area contributed by atoms with Crippen molar-refractivity contribution in [3.63, 3.8) is 0 Å². The molecule has 0 aromatic heterocycles. The monoisotopic (exact) mass is 426 g/mol. The number of benzene rings is 2. The maximum atomic E-state index is 13.0. The van der Waals surface area contributed by atoms with Gasteiger partial charge in [-0.3, -0.25) is 0 Å². The van der Waals surface area contributed by atoms with Crippen LogP contribution in [-0.4, -0.2) is 33.6 Å². The van der Waals surface area contributed by atoms with Crippen LogP contribution in [0.25, 0.3) is 0 Å². The zero-order valence-electron chi connectivity index (χ0n) is 14.9. The molecule has 0 radical (unpaired) electrons. The van der Waals surface area contributed by atoms with Crippen LogP contribution in [0.3, 0.4) is 0 Å². The van der Waals surface area contributed by atoms with Crippen LogP contribution >= 0.6 is 11.6 Å². The molecule has 2 atom stereocenters. The van der Waals surface area contributed by atoms with Gasteiger partial charge in [-0.2, -0.15) is 0 Å². The molecule has 1 aliphatic rings. The van der Waals surface area contributed by atoms with Gasteiger partial charge in [0.2, 0.25) is 0 Å². The van der Waals surface area contributed by atoms with Crippen LogP contribution in [0.15, 0.2) is 59.5 Å². The molecule has 1 aliphatic heterocycles. The SMILES string of the molecule is O=S1(=O)C[C@H](CCCCc2ccccc2)[C@@H](S(=O)(=O)c2ccc(Cl)cc2)C1. The summed E-state index contributed by atoms with van der Waals surface area (Å²) in [4.78, 5) is 0.142. The van der Waals surface area contributed by atoms with Crippen LogP contribution in [0.1, 0.15) is 24.8 Å². The zero-order chi connectivity index (χ0) is 19.5. The molecule has 0 aliphatic carbocycles. The molecule has 4 nitrogen and oxygen atoms in total. The zero-order valence-corrected chi connectivity index (χ0v) is 17.3. The summed E-state index contributed by atoms with van der Waals surface area (Å²) >= 11 is 5.84. The fraction of sp³-hybridized carbons (Fsp3) is 0.400. The van der Waals surface area contributed by atoms with Crippen LogP contribution in [0.2, 0.25) is 5.02 Å². The highest BCUT2D eigenvalue weighted by Crippen LogP contribution is 2.33. The second-order valence-corrected chi connectivity index (χ2v) is 11.9. The van der Waals surface area contributed by atoms with Crippen molar-refractivity contribution < 1.29 is 16.8 Å². The minimum Gasteiger partial charge on any atom is -0.229 e. The number of hydrogen-bond donors (Lipinski definition) is 0. The van der Waals surface area contributed by atoms with Gasteiger partial charge in [-0.1, -0.05) is 48.4 Å². The molecule has 1 heterocycles. The molecule has 7 heteroatoms. The number of halogens is 1. The van der Waals surface area contributed by atoms with Crippen LogP contribution < -0.4 is 0 Å². The molecule has 0 N–H and O–H groups in total. The second-order valence-electron chi connectivity index (χ2n) is 7.11. The summed E-state index contributed by atoms with van der Waals surface area (Å²) in [6.07, 6.45) is 3.23. The predicted octanol–water partition coefficient (Wildman–Crippen LogP) is 3.94. The minimum absolute atomic E-state index is 0.0458. The number of hydrogen-bond acceptors (Lipinski definition) is 4. The molecule has 3 rings (SSSR count). The average Bonchev–Trinajstić information content (AvgIpc) is 2.95. The molecule has 2 aromatic carbocycles. The lowest BCUT2D eigenvalue weighted by atomic mass is 9.99. The summed E-state index contributed by atoms with van der Waals surface area (Å²) < 4.78 is 50.3. The van der Waals surface area contributed by atoms with Gasteiger partial charge in [0.05, 0.1) is 21.7 Å². The first-order valence-electron chi connectivity index (χ1n) is 9.02. The Labute approximate surface area is 166 Å². The lowest BCUT2D eigenvalue weighted by Crippen LogP contribution is -2.29. The van der Waals surface area contributed by atoms with Crippen LogP contribution in [-0.2, 0) is 26.1 Å². The van der Waals surface area contributed by atoms with Crippen LogP contribution in [0.5, 0.6) is 0 Å². The van der Waals surface area contributed by atoms with Gasteiger partial charge >= 0.3 is 0 Å². The fourth-order valence-corrected chi connectivity index (χ4v) is 8.83. The molecular weight excluding hydrogens is 404 g/mol. The van der Waals surface area contributed by atoms with E-state index in [0.717, 1.165) is 19.3 Å². The second kappa shape index (κ2) is 8.33. The topological polar surface area (TPSA) is 68.3 Å². The Morgan fingerprint density at radius 3 is 2.26 bits per heavy atom. The summed E-state index contributed by atoms with van der Waals surface area (Å²) in [5, 5.41) is -0.425. The average molecular weight is 427 g/mol. The third kappa shape index (κ3) is 5.12. The van der Waals surface area contributed by atoms with Crippen molar-refractivity contribution in [1.82, 2.24) is 0 Å². The predicted molar refractivity (Wildman–Crippen MR) is 109 cm³/mol. The number of aryl methyl sites for hydroxylation is 1. The number of rotatable bonds is 7. The van der Waals surface area contributed by atoms with Crippen molar-refractivity contribution >= 4 is 31.3 Å². The third-order valence-corrected chi connectivity index (χ3v) is 9.63. The van der Waals surface area contributed by atoms with Crippen molar-refractivity contribution in [3.8, 4) is 0 Å². The summed E-state index contributed by atoms with van der Waals surface area (Å²) in [5.74, 6) is -0.691. The quantitative estimate of drug-likeness (QED) is 0.629. The minimum atomic E-state index is -3.70. The lowest BCUT2D eigenvalue weighted by molar-refractivity contribution is 0.490. The summed E-state index contributed by atoms with van der Waals surface area (Å²) in [6.45, 7) is 0. The Bertz CT molecular complexity index is 968. The van der Waals surface area contributed by atoms with Crippen molar-refractivity contribution in [2.75, 3.05) is 11.5 Å². The van der Waals surface area contributed by atoms with Crippen LogP contribution in [0.4, 0.5) is 0 Å². The van der Waals surface area contributed by atoms with E-state index < -0.39 is 24.9 Å². The molecule has 1 saturated heterocycles. The molecule has 146 valence electrons. The number of unbranched alkanes of at least 4 members (excludes halogenated alkanes) is 1. The van der Waals surface area contributed by atoms with E-state index in [-0.39, 0.29) is 22.3 Å². The van der Waals surface area contributed by atoms with E-state index in [1.165, 1.54) is 29.8 Å². The molecular formula is C20H23ClO4S2. The Morgan fingerprint density at radius 2 is 1.59 bits per heavy atom. The van der Waals surface area contributed by atoms with Crippen molar-refractivity contribution in [1.29, 1.82) is 0 Å². The molecule has 0 amide bonds. The standard InChI is InChI=1S/C20H23ClO4S2/c21-18-10-12-19(13-11-18)27(24,25)20-15-26(22,23)14-17(20)9-5-4-8-16-6-2-1-3-7-16/h1-3,6-7,10-13,17,20H,4-5,8-9,14-15H2/t17-,20-/m0/s1. The Kier molecular flexibility index (Phi) is 6.28. The maximum absolute atomic E-state index is 13.0. The van der Waals surface area contributed by atoms with Gasteiger partial charge in [0, 0.05) is 5.02 Å². The first-order valence-corrected chi connectivity index (χ1v) is 12.8. The van der Waals surface area contributed by atoms with Crippen molar-refractivity contribution in [3.05, 3.63) is 65.2 Å². The van der Waals surface area contributed by atoms with E-state index in [1.54, 1.807) is 0 Å². The molecule has 0 spiro atoms. The van der Waals surface area contributed by atoms with E-state index in [4.69, 9.17) is 11.6 Å². The highest BCUT2D eigenvalue weighted by molar-refractivity contribution is 7.96. The Hall–Kier alpha value is -1.37.